The lowest BCUT2D eigenvalue weighted by molar-refractivity contribution is 0.185. The minimum atomic E-state index is -0.989. The summed E-state index contributed by atoms with van der Waals surface area (Å²) in [6, 6.07) is 9.51. The molecule has 100 valence electrons. The van der Waals surface area contributed by atoms with E-state index in [2.05, 4.69) is 5.32 Å². The van der Waals surface area contributed by atoms with Crippen molar-refractivity contribution in [1.29, 1.82) is 0 Å². The predicted octanol–water partition coefficient (Wildman–Crippen LogP) is 3.44. The van der Waals surface area contributed by atoms with Crippen LogP contribution in [0, 0.1) is 11.6 Å². The highest BCUT2D eigenvalue weighted by molar-refractivity contribution is 5.73. The lowest BCUT2D eigenvalue weighted by Crippen LogP contribution is -2.02. The number of hydrogen-bond acceptors (Lipinski definition) is 3. The fourth-order valence-corrected chi connectivity index (χ4v) is 1.74. The molecule has 0 aliphatic carbocycles. The zero-order valence-electron chi connectivity index (χ0n) is 10.4. The minimum Gasteiger partial charge on any atom is -0.397 e. The number of hydrogen-bond donors (Lipinski definition) is 2. The Labute approximate surface area is 110 Å². The Morgan fingerprint density at radius 2 is 2.00 bits per heavy atom. The third kappa shape index (κ3) is 3.00. The van der Waals surface area contributed by atoms with Crippen LogP contribution in [-0.4, -0.2) is 7.11 Å². The third-order valence-electron chi connectivity index (χ3n) is 2.63. The van der Waals surface area contributed by atoms with Gasteiger partial charge in [0.25, 0.3) is 0 Å². The van der Waals surface area contributed by atoms with Crippen molar-refractivity contribution in [2.75, 3.05) is 18.2 Å². The van der Waals surface area contributed by atoms with Crippen molar-refractivity contribution in [3.05, 3.63) is 53.6 Å². The molecule has 0 heterocycles. The van der Waals surface area contributed by atoms with Crippen LogP contribution in [0.25, 0.3) is 0 Å². The van der Waals surface area contributed by atoms with Gasteiger partial charge in [-0.15, -0.1) is 0 Å². The van der Waals surface area contributed by atoms with Crippen LogP contribution in [0.5, 0.6) is 0 Å². The number of nitrogen functional groups attached to an aromatic ring is 1. The average molecular weight is 264 g/mol. The van der Waals surface area contributed by atoms with Gasteiger partial charge in [-0.1, -0.05) is 12.1 Å². The summed E-state index contributed by atoms with van der Waals surface area (Å²) in [5.41, 5.74) is 7.27. The minimum absolute atomic E-state index is 0.0606. The van der Waals surface area contributed by atoms with E-state index in [9.17, 15) is 8.78 Å². The molecular weight excluding hydrogens is 250 g/mol. The number of rotatable bonds is 4. The molecule has 0 saturated heterocycles. The fraction of sp³-hybridized carbons (Fsp3) is 0.143. The molecule has 2 aromatic rings. The highest BCUT2D eigenvalue weighted by atomic mass is 19.2. The summed E-state index contributed by atoms with van der Waals surface area (Å²) >= 11 is 0. The zero-order chi connectivity index (χ0) is 13.8. The third-order valence-corrected chi connectivity index (χ3v) is 2.63. The second kappa shape index (κ2) is 5.67. The lowest BCUT2D eigenvalue weighted by Gasteiger charge is -2.12. The first-order valence-electron chi connectivity index (χ1n) is 5.70. The first-order valence-corrected chi connectivity index (χ1v) is 5.70. The predicted molar refractivity (Wildman–Crippen MR) is 71.2 cm³/mol. The van der Waals surface area contributed by atoms with E-state index < -0.39 is 11.6 Å². The van der Waals surface area contributed by atoms with E-state index in [1.54, 1.807) is 25.3 Å². The molecule has 0 aromatic heterocycles. The Balaban J connectivity index is 2.31. The van der Waals surface area contributed by atoms with E-state index in [1.165, 1.54) is 6.07 Å². The summed E-state index contributed by atoms with van der Waals surface area (Å²) in [5.74, 6) is -1.93. The van der Waals surface area contributed by atoms with Crippen LogP contribution in [0.2, 0.25) is 0 Å². The number of methoxy groups -OCH3 is 1. The van der Waals surface area contributed by atoms with E-state index in [4.69, 9.17) is 10.5 Å². The SMILES string of the molecule is COCc1cccc(Nc2c(N)ccc(F)c2F)c1. The number of ether oxygens (including phenoxy) is 1. The standard InChI is InChI=1S/C14H14F2N2O/c1-19-8-9-3-2-4-10(7-9)18-14-12(17)6-5-11(15)13(14)16/h2-7,18H,8,17H2,1H3. The molecule has 19 heavy (non-hydrogen) atoms. The quantitative estimate of drug-likeness (QED) is 0.832. The second-order valence-electron chi connectivity index (χ2n) is 4.08. The van der Waals surface area contributed by atoms with Crippen molar-refractivity contribution in [1.82, 2.24) is 0 Å². The van der Waals surface area contributed by atoms with E-state index >= 15 is 0 Å². The molecule has 0 fully saturated rings. The van der Waals surface area contributed by atoms with Crippen LogP contribution < -0.4 is 11.1 Å². The Kier molecular flexibility index (Phi) is 3.97. The second-order valence-corrected chi connectivity index (χ2v) is 4.08. The van der Waals surface area contributed by atoms with Gasteiger partial charge in [-0.25, -0.2) is 8.78 Å². The largest absolute Gasteiger partial charge is 0.397 e. The number of nitrogens with two attached hydrogens (primary N) is 1. The summed E-state index contributed by atoms with van der Waals surface area (Å²) in [6.07, 6.45) is 0. The fourth-order valence-electron chi connectivity index (χ4n) is 1.74. The van der Waals surface area contributed by atoms with Gasteiger partial charge in [-0.3, -0.25) is 0 Å². The molecule has 0 amide bonds. The van der Waals surface area contributed by atoms with Crippen molar-refractivity contribution < 1.29 is 13.5 Å². The van der Waals surface area contributed by atoms with Gasteiger partial charge in [0.05, 0.1) is 12.3 Å². The summed E-state index contributed by atoms with van der Waals surface area (Å²) in [6.45, 7) is 0.441. The highest BCUT2D eigenvalue weighted by Crippen LogP contribution is 2.28. The number of anilines is 3. The first kappa shape index (κ1) is 13.3. The number of halogens is 2. The van der Waals surface area contributed by atoms with Crippen LogP contribution in [-0.2, 0) is 11.3 Å². The molecule has 0 saturated carbocycles. The van der Waals surface area contributed by atoms with Crippen LogP contribution in [0.3, 0.4) is 0 Å². The molecule has 0 aliphatic heterocycles. The maximum absolute atomic E-state index is 13.7. The average Bonchev–Trinajstić information content (AvgIpc) is 2.40. The molecule has 0 radical (unpaired) electrons. The van der Waals surface area contributed by atoms with Gasteiger partial charge in [0.15, 0.2) is 11.6 Å². The zero-order valence-corrected chi connectivity index (χ0v) is 10.4. The molecule has 0 unspecified atom stereocenters. The van der Waals surface area contributed by atoms with Crippen molar-refractivity contribution in [2.24, 2.45) is 0 Å². The van der Waals surface area contributed by atoms with E-state index in [0.29, 0.717) is 12.3 Å². The monoisotopic (exact) mass is 264 g/mol. The van der Waals surface area contributed by atoms with Crippen molar-refractivity contribution in [2.45, 2.75) is 6.61 Å². The van der Waals surface area contributed by atoms with Gasteiger partial charge in [0.1, 0.15) is 5.69 Å². The van der Waals surface area contributed by atoms with E-state index in [-0.39, 0.29) is 11.4 Å². The smallest absolute Gasteiger partial charge is 0.184 e. The first-order chi connectivity index (χ1) is 9.11. The number of benzene rings is 2. The molecule has 5 heteroatoms. The van der Waals surface area contributed by atoms with Gasteiger partial charge >= 0.3 is 0 Å². The Hall–Kier alpha value is -2.14. The summed E-state index contributed by atoms with van der Waals surface area (Å²) in [4.78, 5) is 0. The van der Waals surface area contributed by atoms with Gasteiger partial charge < -0.3 is 15.8 Å². The molecule has 0 bridgehead atoms. The molecule has 0 atom stereocenters. The van der Waals surface area contributed by atoms with Crippen LogP contribution >= 0.6 is 0 Å². The maximum Gasteiger partial charge on any atom is 0.184 e. The lowest BCUT2D eigenvalue weighted by atomic mass is 10.2. The highest BCUT2D eigenvalue weighted by Gasteiger charge is 2.12. The van der Waals surface area contributed by atoms with Gasteiger partial charge in [-0.05, 0) is 29.8 Å². The van der Waals surface area contributed by atoms with Gasteiger partial charge in [0, 0.05) is 12.8 Å². The van der Waals surface area contributed by atoms with E-state index in [1.807, 2.05) is 6.07 Å². The van der Waals surface area contributed by atoms with Gasteiger partial charge in [-0.2, -0.15) is 0 Å². The van der Waals surface area contributed by atoms with Gasteiger partial charge in [0.2, 0.25) is 0 Å². The van der Waals surface area contributed by atoms with Crippen molar-refractivity contribution >= 4 is 17.1 Å². The summed E-state index contributed by atoms with van der Waals surface area (Å²) in [5, 5.41) is 2.78. The van der Waals surface area contributed by atoms with Crippen molar-refractivity contribution in [3.8, 4) is 0 Å². The Morgan fingerprint density at radius 1 is 1.21 bits per heavy atom. The Morgan fingerprint density at radius 3 is 2.74 bits per heavy atom. The molecule has 0 spiro atoms. The van der Waals surface area contributed by atoms with Crippen LogP contribution in [0.4, 0.5) is 25.8 Å². The molecule has 2 rings (SSSR count). The number of nitrogens with one attached hydrogen (secondary N) is 1. The molecule has 2 aromatic carbocycles. The molecule has 3 nitrogen and oxygen atoms in total. The summed E-state index contributed by atoms with van der Waals surface area (Å²) in [7, 11) is 1.59. The maximum atomic E-state index is 13.7. The topological polar surface area (TPSA) is 47.3 Å². The normalized spacial score (nSPS) is 10.5. The Bertz CT molecular complexity index is 588. The van der Waals surface area contributed by atoms with Crippen LogP contribution in [0.1, 0.15) is 5.56 Å². The molecule has 3 N–H and O–H groups in total. The van der Waals surface area contributed by atoms with E-state index in [0.717, 1.165) is 11.6 Å². The molecule has 0 aliphatic rings. The van der Waals surface area contributed by atoms with Crippen molar-refractivity contribution in [3.63, 3.8) is 0 Å². The van der Waals surface area contributed by atoms with Crippen LogP contribution in [0.15, 0.2) is 36.4 Å². The molecular formula is C14H14F2N2O. The summed E-state index contributed by atoms with van der Waals surface area (Å²) < 4.78 is 31.8.